The maximum Gasteiger partial charge on any atom is 0.246 e. The van der Waals surface area contributed by atoms with Gasteiger partial charge in [-0.15, -0.1) is 0 Å². The van der Waals surface area contributed by atoms with Crippen molar-refractivity contribution < 1.29 is 28.6 Å². The van der Waals surface area contributed by atoms with E-state index in [-0.39, 0.29) is 37.3 Å². The zero-order chi connectivity index (χ0) is 24.2. The standard InChI is InChI=1S/C25H22N4O6/c1-32-17-6-4-15(5-7-17)18(19-9-21-22(11-20(19)30)34-14-33-21)10-23(31)27-13-24-28-25(29-35-24)16-3-2-8-26-12-16/h2-9,11-12,18,30H,10,13-14H2,1H3,(H,27,31). The second-order valence-electron chi connectivity index (χ2n) is 7.82. The van der Waals surface area contributed by atoms with Crippen LogP contribution in [0.5, 0.6) is 23.0 Å². The molecule has 3 heterocycles. The lowest BCUT2D eigenvalue weighted by Gasteiger charge is -2.19. The van der Waals surface area contributed by atoms with Gasteiger partial charge in [-0.1, -0.05) is 17.3 Å². The highest BCUT2D eigenvalue weighted by atomic mass is 16.7. The van der Waals surface area contributed by atoms with Crippen molar-refractivity contribution in [3.8, 4) is 34.4 Å². The van der Waals surface area contributed by atoms with Gasteiger partial charge in [0.25, 0.3) is 0 Å². The molecule has 0 radical (unpaired) electrons. The van der Waals surface area contributed by atoms with Gasteiger partial charge in [-0.05, 0) is 35.9 Å². The third-order valence-electron chi connectivity index (χ3n) is 5.63. The molecule has 10 nitrogen and oxygen atoms in total. The van der Waals surface area contributed by atoms with E-state index >= 15 is 0 Å². The van der Waals surface area contributed by atoms with E-state index in [2.05, 4.69) is 20.4 Å². The van der Waals surface area contributed by atoms with Crippen LogP contribution >= 0.6 is 0 Å². The normalized spacial score (nSPS) is 12.8. The third kappa shape index (κ3) is 4.86. The predicted octanol–water partition coefficient (Wildman–Crippen LogP) is 3.41. The highest BCUT2D eigenvalue weighted by Crippen LogP contribution is 2.43. The van der Waals surface area contributed by atoms with Crippen molar-refractivity contribution in [3.63, 3.8) is 0 Å². The molecule has 0 fully saturated rings. The number of aromatic hydroxyl groups is 1. The van der Waals surface area contributed by atoms with E-state index in [1.807, 2.05) is 30.3 Å². The zero-order valence-electron chi connectivity index (χ0n) is 18.8. The Kier molecular flexibility index (Phi) is 6.16. The van der Waals surface area contributed by atoms with Crippen molar-refractivity contribution in [2.75, 3.05) is 13.9 Å². The number of hydrogen-bond donors (Lipinski definition) is 2. The largest absolute Gasteiger partial charge is 0.508 e. The molecule has 5 rings (SSSR count). The van der Waals surface area contributed by atoms with E-state index in [4.69, 9.17) is 18.7 Å². The van der Waals surface area contributed by atoms with Gasteiger partial charge in [0.1, 0.15) is 11.5 Å². The molecule has 1 aliphatic rings. The Bertz CT molecular complexity index is 1320. The number of ether oxygens (including phenoxy) is 3. The van der Waals surface area contributed by atoms with Crippen LogP contribution in [0.3, 0.4) is 0 Å². The number of benzene rings is 2. The molecule has 2 aromatic carbocycles. The molecule has 0 aliphatic carbocycles. The summed E-state index contributed by atoms with van der Waals surface area (Å²) >= 11 is 0. The van der Waals surface area contributed by atoms with Gasteiger partial charge in [-0.3, -0.25) is 9.78 Å². The van der Waals surface area contributed by atoms with Gasteiger partial charge in [-0.2, -0.15) is 4.98 Å². The molecule has 35 heavy (non-hydrogen) atoms. The van der Waals surface area contributed by atoms with Gasteiger partial charge in [-0.25, -0.2) is 0 Å². The third-order valence-corrected chi connectivity index (χ3v) is 5.63. The minimum atomic E-state index is -0.455. The molecule has 1 atom stereocenters. The van der Waals surface area contributed by atoms with E-state index in [1.54, 1.807) is 31.6 Å². The van der Waals surface area contributed by atoms with E-state index in [9.17, 15) is 9.90 Å². The fraction of sp³-hybridized carbons (Fsp3) is 0.200. The lowest BCUT2D eigenvalue weighted by molar-refractivity contribution is -0.121. The van der Waals surface area contributed by atoms with Crippen LogP contribution in [0, 0.1) is 0 Å². The lowest BCUT2D eigenvalue weighted by atomic mass is 9.87. The van der Waals surface area contributed by atoms with E-state index in [1.165, 1.54) is 6.07 Å². The summed E-state index contributed by atoms with van der Waals surface area (Å²) in [6, 6.07) is 14.1. The maximum absolute atomic E-state index is 12.9. The van der Waals surface area contributed by atoms with Crippen LogP contribution in [0.1, 0.15) is 29.4 Å². The molecular weight excluding hydrogens is 452 g/mol. The Labute approximate surface area is 200 Å². The van der Waals surface area contributed by atoms with E-state index in [0.717, 1.165) is 5.56 Å². The molecular formula is C25H22N4O6. The molecule has 0 spiro atoms. The van der Waals surface area contributed by atoms with Crippen molar-refractivity contribution in [1.29, 1.82) is 0 Å². The van der Waals surface area contributed by atoms with Gasteiger partial charge in [0, 0.05) is 41.9 Å². The first-order valence-electron chi connectivity index (χ1n) is 10.9. The lowest BCUT2D eigenvalue weighted by Crippen LogP contribution is -2.25. The Hall–Kier alpha value is -4.60. The number of pyridine rings is 1. The summed E-state index contributed by atoms with van der Waals surface area (Å²) in [5, 5.41) is 17.5. The van der Waals surface area contributed by atoms with Gasteiger partial charge < -0.3 is 29.2 Å². The molecule has 2 N–H and O–H groups in total. The quantitative estimate of drug-likeness (QED) is 0.395. The monoisotopic (exact) mass is 474 g/mol. The fourth-order valence-corrected chi connectivity index (χ4v) is 3.84. The number of methoxy groups -OCH3 is 1. The molecule has 178 valence electrons. The first-order valence-corrected chi connectivity index (χ1v) is 10.9. The van der Waals surface area contributed by atoms with Crippen LogP contribution in [0.2, 0.25) is 0 Å². The average Bonchev–Trinajstić information content (AvgIpc) is 3.56. The van der Waals surface area contributed by atoms with Crippen LogP contribution < -0.4 is 19.5 Å². The van der Waals surface area contributed by atoms with Crippen molar-refractivity contribution in [1.82, 2.24) is 20.4 Å². The Morgan fingerprint density at radius 3 is 2.71 bits per heavy atom. The maximum atomic E-state index is 12.9. The van der Waals surface area contributed by atoms with Crippen molar-refractivity contribution >= 4 is 5.91 Å². The van der Waals surface area contributed by atoms with Crippen molar-refractivity contribution in [2.24, 2.45) is 0 Å². The van der Waals surface area contributed by atoms with Crippen LogP contribution in [-0.2, 0) is 11.3 Å². The molecule has 1 unspecified atom stereocenters. The van der Waals surface area contributed by atoms with E-state index in [0.29, 0.717) is 34.2 Å². The van der Waals surface area contributed by atoms with Gasteiger partial charge >= 0.3 is 0 Å². The molecule has 0 saturated carbocycles. The number of carbonyl (C=O) groups is 1. The molecule has 1 aliphatic heterocycles. The zero-order valence-corrected chi connectivity index (χ0v) is 18.8. The van der Waals surface area contributed by atoms with Crippen LogP contribution in [-0.4, -0.2) is 40.0 Å². The molecule has 1 amide bonds. The molecule has 10 heteroatoms. The topological polar surface area (TPSA) is 129 Å². The molecule has 0 saturated heterocycles. The molecule has 4 aromatic rings. The number of hydrogen-bond acceptors (Lipinski definition) is 9. The summed E-state index contributed by atoms with van der Waals surface area (Å²) in [6.07, 6.45) is 3.34. The smallest absolute Gasteiger partial charge is 0.246 e. The number of phenolic OH excluding ortho intramolecular Hbond substituents is 1. The highest BCUT2D eigenvalue weighted by Gasteiger charge is 2.26. The number of amides is 1. The number of aromatic nitrogens is 3. The summed E-state index contributed by atoms with van der Waals surface area (Å²) in [5.74, 6) is 1.63. The molecule has 0 bridgehead atoms. The number of fused-ring (bicyclic) bond motifs is 1. The number of rotatable bonds is 8. The fourth-order valence-electron chi connectivity index (χ4n) is 3.84. The van der Waals surface area contributed by atoms with Crippen molar-refractivity contribution in [3.05, 3.63) is 77.9 Å². The summed E-state index contributed by atoms with van der Waals surface area (Å²) in [7, 11) is 1.58. The SMILES string of the molecule is COc1ccc(C(CC(=O)NCc2nc(-c3cccnc3)no2)c2cc3c(cc2O)OCO3)cc1. The Morgan fingerprint density at radius 2 is 1.97 bits per heavy atom. The second-order valence-corrected chi connectivity index (χ2v) is 7.82. The number of nitrogens with zero attached hydrogens (tertiary/aromatic N) is 3. The first-order chi connectivity index (χ1) is 17.1. The number of carbonyl (C=O) groups excluding carboxylic acids is 1. The average molecular weight is 474 g/mol. The minimum Gasteiger partial charge on any atom is -0.508 e. The number of phenols is 1. The van der Waals surface area contributed by atoms with Gasteiger partial charge in [0.2, 0.25) is 24.4 Å². The summed E-state index contributed by atoms with van der Waals surface area (Å²) in [4.78, 5) is 21.3. The van der Waals surface area contributed by atoms with Crippen LogP contribution in [0.4, 0.5) is 0 Å². The summed E-state index contributed by atoms with van der Waals surface area (Å²) in [5.41, 5.74) is 2.09. The van der Waals surface area contributed by atoms with E-state index < -0.39 is 5.92 Å². The summed E-state index contributed by atoms with van der Waals surface area (Å²) < 4.78 is 21.3. The molecule has 2 aromatic heterocycles. The summed E-state index contributed by atoms with van der Waals surface area (Å²) in [6.45, 7) is 0.145. The Morgan fingerprint density at radius 1 is 1.17 bits per heavy atom. The predicted molar refractivity (Wildman–Crippen MR) is 123 cm³/mol. The minimum absolute atomic E-state index is 0.0147. The van der Waals surface area contributed by atoms with Gasteiger partial charge in [0.15, 0.2) is 11.5 Å². The van der Waals surface area contributed by atoms with Crippen LogP contribution in [0.25, 0.3) is 11.4 Å². The highest BCUT2D eigenvalue weighted by molar-refractivity contribution is 5.78. The van der Waals surface area contributed by atoms with Gasteiger partial charge in [0.05, 0.1) is 13.7 Å². The van der Waals surface area contributed by atoms with Crippen molar-refractivity contribution in [2.45, 2.75) is 18.9 Å². The second kappa shape index (κ2) is 9.72. The Balaban J connectivity index is 1.34. The number of nitrogens with one attached hydrogen (secondary N) is 1. The first kappa shape index (κ1) is 22.2. The van der Waals surface area contributed by atoms with Crippen LogP contribution in [0.15, 0.2) is 65.4 Å².